The lowest BCUT2D eigenvalue weighted by Gasteiger charge is -2.39. The summed E-state index contributed by atoms with van der Waals surface area (Å²) in [6.45, 7) is 6.26. The van der Waals surface area contributed by atoms with Crippen LogP contribution >= 0.6 is 0 Å². The molecule has 0 aromatic carbocycles. The van der Waals surface area contributed by atoms with Gasteiger partial charge in [-0.25, -0.2) is 0 Å². The van der Waals surface area contributed by atoms with Crippen molar-refractivity contribution in [3.05, 3.63) is 11.1 Å². The van der Waals surface area contributed by atoms with Crippen LogP contribution in [0, 0.1) is 0 Å². The molecule has 134 valence electrons. The number of Topliss-reactive ketones (excluding diaryl/α,β-unsaturated/α-hetero) is 1. The highest BCUT2D eigenvalue weighted by Crippen LogP contribution is 2.51. The van der Waals surface area contributed by atoms with E-state index in [9.17, 15) is 19.8 Å². The van der Waals surface area contributed by atoms with E-state index in [1.54, 1.807) is 13.8 Å². The van der Waals surface area contributed by atoms with Crippen molar-refractivity contribution in [1.82, 2.24) is 0 Å². The molecule has 3 aliphatic rings. The maximum Gasteiger partial charge on any atom is 0.302 e. The molecule has 2 heterocycles. The van der Waals surface area contributed by atoms with Crippen LogP contribution < -0.4 is 0 Å². The summed E-state index contributed by atoms with van der Waals surface area (Å²) < 4.78 is 17.0. The Bertz CT molecular complexity index is 618. The minimum absolute atomic E-state index is 0.127. The zero-order valence-corrected chi connectivity index (χ0v) is 14.4. The van der Waals surface area contributed by atoms with Gasteiger partial charge in [0.15, 0.2) is 5.78 Å². The van der Waals surface area contributed by atoms with Crippen LogP contribution in [0.25, 0.3) is 0 Å². The van der Waals surface area contributed by atoms with Crippen LogP contribution in [0.4, 0.5) is 0 Å². The first kappa shape index (κ1) is 17.5. The molecule has 4 atom stereocenters. The van der Waals surface area contributed by atoms with Gasteiger partial charge >= 0.3 is 5.97 Å². The fourth-order valence-electron chi connectivity index (χ4n) is 3.78. The molecule has 1 aliphatic carbocycles. The number of hydrogen-bond donors (Lipinski definition) is 2. The predicted molar refractivity (Wildman–Crippen MR) is 81.9 cm³/mol. The molecule has 0 bridgehead atoms. The van der Waals surface area contributed by atoms with E-state index in [-0.39, 0.29) is 18.8 Å². The summed E-state index contributed by atoms with van der Waals surface area (Å²) in [5, 5.41) is 20.8. The summed E-state index contributed by atoms with van der Waals surface area (Å²) in [7, 11) is 0. The standard InChI is InChI=1S/C17H24O7/c1-9(18)22-8-11-10-5-6-16(4,21)14(20)13(10)23-17(11)12(19)7-15(2,3)24-17/h13-14,20-21H,5-8H2,1-4H3/t13-,14+,16-,17-/m0/s1. The molecule has 0 radical (unpaired) electrons. The van der Waals surface area contributed by atoms with Crippen LogP contribution in [-0.2, 0) is 23.8 Å². The average molecular weight is 340 g/mol. The number of ether oxygens (including phenoxy) is 3. The van der Waals surface area contributed by atoms with Gasteiger partial charge in [-0.15, -0.1) is 0 Å². The summed E-state index contributed by atoms with van der Waals surface area (Å²) >= 11 is 0. The van der Waals surface area contributed by atoms with Crippen molar-refractivity contribution in [2.45, 2.75) is 76.2 Å². The van der Waals surface area contributed by atoms with Gasteiger partial charge in [-0.1, -0.05) is 0 Å². The van der Waals surface area contributed by atoms with E-state index in [1.807, 2.05) is 0 Å². The van der Waals surface area contributed by atoms with Gasteiger partial charge in [0, 0.05) is 18.9 Å². The highest BCUT2D eigenvalue weighted by atomic mass is 16.7. The van der Waals surface area contributed by atoms with E-state index in [0.29, 0.717) is 24.0 Å². The summed E-state index contributed by atoms with van der Waals surface area (Å²) in [5.41, 5.74) is -0.905. The molecule has 0 unspecified atom stereocenters. The molecule has 0 aromatic rings. The first-order chi connectivity index (χ1) is 11.0. The second-order valence-electron chi connectivity index (χ2n) is 7.70. The monoisotopic (exact) mass is 340 g/mol. The maximum atomic E-state index is 12.7. The highest BCUT2D eigenvalue weighted by molar-refractivity contribution is 5.93. The number of ketones is 1. The van der Waals surface area contributed by atoms with Gasteiger partial charge in [-0.3, -0.25) is 9.59 Å². The zero-order valence-electron chi connectivity index (χ0n) is 14.4. The molecule has 3 rings (SSSR count). The van der Waals surface area contributed by atoms with Gasteiger partial charge in [0.25, 0.3) is 5.79 Å². The number of carbonyl (C=O) groups excluding carboxylic acids is 2. The largest absolute Gasteiger partial charge is 0.461 e. The van der Waals surface area contributed by atoms with Gasteiger partial charge < -0.3 is 24.4 Å². The second-order valence-corrected chi connectivity index (χ2v) is 7.70. The zero-order chi connectivity index (χ0) is 17.9. The van der Waals surface area contributed by atoms with E-state index in [2.05, 4.69) is 0 Å². The number of hydrogen-bond acceptors (Lipinski definition) is 7. The lowest BCUT2D eigenvalue weighted by molar-refractivity contribution is -0.244. The van der Waals surface area contributed by atoms with Crippen molar-refractivity contribution in [2.24, 2.45) is 0 Å². The first-order valence-electron chi connectivity index (χ1n) is 8.16. The number of fused-ring (bicyclic) bond motifs is 1. The summed E-state index contributed by atoms with van der Waals surface area (Å²) in [4.78, 5) is 24.0. The van der Waals surface area contributed by atoms with E-state index in [1.165, 1.54) is 13.8 Å². The Kier molecular flexibility index (Phi) is 3.92. The Balaban J connectivity index is 2.03. The van der Waals surface area contributed by atoms with Crippen LogP contribution in [0.5, 0.6) is 0 Å². The van der Waals surface area contributed by atoms with Gasteiger partial charge in [-0.05, 0) is 39.2 Å². The van der Waals surface area contributed by atoms with Crippen molar-refractivity contribution < 1.29 is 34.0 Å². The number of aliphatic hydroxyl groups is 2. The summed E-state index contributed by atoms with van der Waals surface area (Å²) in [6, 6.07) is 0. The third-order valence-electron chi connectivity index (χ3n) is 5.04. The SMILES string of the molecule is CC(=O)OCC1=C2CC[C@](C)(O)[C@H](O)[C@H]2O[C@]12OC(C)(C)CC2=O. The molecule has 2 N–H and O–H groups in total. The normalized spacial score (nSPS) is 41.0. The fourth-order valence-corrected chi connectivity index (χ4v) is 3.78. The van der Waals surface area contributed by atoms with E-state index in [0.717, 1.165) is 0 Å². The third kappa shape index (κ3) is 2.60. The Labute approximate surface area is 140 Å². The molecule has 1 spiro atoms. The average Bonchev–Trinajstić information content (AvgIpc) is 2.86. The number of carbonyl (C=O) groups is 2. The quantitative estimate of drug-likeness (QED) is 0.561. The van der Waals surface area contributed by atoms with Crippen molar-refractivity contribution >= 4 is 11.8 Å². The molecule has 24 heavy (non-hydrogen) atoms. The van der Waals surface area contributed by atoms with Gasteiger partial charge in [0.2, 0.25) is 0 Å². The summed E-state index contributed by atoms with van der Waals surface area (Å²) in [6.07, 6.45) is -1.13. The Hall–Kier alpha value is -1.28. The van der Waals surface area contributed by atoms with Gasteiger partial charge in [-0.2, -0.15) is 0 Å². The minimum Gasteiger partial charge on any atom is -0.461 e. The fraction of sp³-hybridized carbons (Fsp3) is 0.765. The second kappa shape index (κ2) is 5.36. The van der Waals surface area contributed by atoms with Crippen molar-refractivity contribution in [3.63, 3.8) is 0 Å². The topological polar surface area (TPSA) is 102 Å². The van der Waals surface area contributed by atoms with Gasteiger partial charge in [0.05, 0.1) is 11.2 Å². The van der Waals surface area contributed by atoms with Crippen LogP contribution in [-0.4, -0.2) is 57.8 Å². The molecule has 0 amide bonds. The molecule has 1 saturated heterocycles. The Morgan fingerprint density at radius 2 is 2.04 bits per heavy atom. The van der Waals surface area contributed by atoms with Crippen molar-refractivity contribution in [3.8, 4) is 0 Å². The smallest absolute Gasteiger partial charge is 0.302 e. The molecule has 7 nitrogen and oxygen atoms in total. The number of aliphatic hydroxyl groups excluding tert-OH is 1. The van der Waals surface area contributed by atoms with Crippen molar-refractivity contribution in [1.29, 1.82) is 0 Å². The predicted octanol–water partition coefficient (Wildman–Crippen LogP) is 0.615. The van der Waals surface area contributed by atoms with Crippen LogP contribution in [0.2, 0.25) is 0 Å². The first-order valence-corrected chi connectivity index (χ1v) is 8.16. The Morgan fingerprint density at radius 3 is 2.58 bits per heavy atom. The molecule has 0 aromatic heterocycles. The van der Waals surface area contributed by atoms with Crippen LogP contribution in [0.1, 0.15) is 47.0 Å². The third-order valence-corrected chi connectivity index (χ3v) is 5.04. The molecule has 2 aliphatic heterocycles. The maximum absolute atomic E-state index is 12.7. The van der Waals surface area contributed by atoms with E-state index in [4.69, 9.17) is 14.2 Å². The van der Waals surface area contributed by atoms with Gasteiger partial charge in [0.1, 0.15) is 18.8 Å². The lowest BCUT2D eigenvalue weighted by Crippen LogP contribution is -2.52. The molecular weight excluding hydrogens is 316 g/mol. The lowest BCUT2D eigenvalue weighted by atomic mass is 9.78. The number of esters is 1. The molecule has 7 heteroatoms. The van der Waals surface area contributed by atoms with Crippen LogP contribution in [0.3, 0.4) is 0 Å². The van der Waals surface area contributed by atoms with E-state index >= 15 is 0 Å². The highest BCUT2D eigenvalue weighted by Gasteiger charge is 2.63. The minimum atomic E-state index is -1.64. The van der Waals surface area contributed by atoms with Crippen LogP contribution in [0.15, 0.2) is 11.1 Å². The summed E-state index contributed by atoms with van der Waals surface area (Å²) in [5.74, 6) is -2.38. The van der Waals surface area contributed by atoms with Crippen molar-refractivity contribution in [2.75, 3.05) is 6.61 Å². The Morgan fingerprint density at radius 1 is 1.38 bits per heavy atom. The molecule has 1 saturated carbocycles. The molecular formula is C17H24O7. The molecule has 2 fully saturated rings. The number of rotatable bonds is 2. The van der Waals surface area contributed by atoms with E-state index < -0.39 is 35.2 Å².